The molecule has 0 atom stereocenters. The Kier molecular flexibility index (Phi) is 9.21. The maximum atomic E-state index is 13.5. The summed E-state index contributed by atoms with van der Waals surface area (Å²) in [5, 5.41) is 0.200. The molecule has 0 heterocycles. The van der Waals surface area contributed by atoms with E-state index in [1.165, 1.54) is 43.0 Å². The van der Waals surface area contributed by atoms with Crippen LogP contribution in [-0.4, -0.2) is 28.0 Å². The molecule has 0 aromatic heterocycles. The molecule has 0 spiro atoms. The SMILES string of the molecule is CCc1ccc(OCCCC(=O)N(c2ccc(OC)c(Cl)c2)S(=O)(=O)c2ccc(C)cc2)c(Br)c1. The van der Waals surface area contributed by atoms with E-state index in [4.69, 9.17) is 21.1 Å². The Balaban J connectivity index is 1.81. The number of methoxy groups -OCH3 is 1. The van der Waals surface area contributed by atoms with Crippen LogP contribution in [0.5, 0.6) is 11.5 Å². The lowest BCUT2D eigenvalue weighted by molar-refractivity contribution is -0.117. The second-order valence-electron chi connectivity index (χ2n) is 7.87. The number of nitrogens with zero attached hydrogens (tertiary/aromatic N) is 1. The molecule has 9 heteroatoms. The highest BCUT2D eigenvalue weighted by atomic mass is 79.9. The summed E-state index contributed by atoms with van der Waals surface area (Å²) in [6.45, 7) is 4.18. The lowest BCUT2D eigenvalue weighted by Gasteiger charge is -2.23. The number of hydrogen-bond donors (Lipinski definition) is 0. The first-order valence-corrected chi connectivity index (χ1v) is 13.7. The van der Waals surface area contributed by atoms with Gasteiger partial charge in [0.2, 0.25) is 5.91 Å². The van der Waals surface area contributed by atoms with Gasteiger partial charge in [-0.3, -0.25) is 4.79 Å². The number of aryl methyl sites for hydroxylation is 2. The molecule has 3 rings (SSSR count). The quantitative estimate of drug-likeness (QED) is 0.254. The second-order valence-corrected chi connectivity index (χ2v) is 10.9. The fourth-order valence-corrected chi connectivity index (χ4v) is 5.64. The Morgan fingerprint density at radius 3 is 2.31 bits per heavy atom. The highest BCUT2D eigenvalue weighted by Crippen LogP contribution is 2.33. The molecule has 0 radical (unpaired) electrons. The van der Waals surface area contributed by atoms with Crippen molar-refractivity contribution in [1.82, 2.24) is 0 Å². The van der Waals surface area contributed by atoms with Crippen LogP contribution in [0.1, 0.15) is 30.9 Å². The van der Waals surface area contributed by atoms with Crippen molar-refractivity contribution in [2.45, 2.75) is 38.0 Å². The summed E-state index contributed by atoms with van der Waals surface area (Å²) in [6, 6.07) is 16.6. The predicted octanol–water partition coefficient (Wildman–Crippen LogP) is 6.56. The lowest BCUT2D eigenvalue weighted by atomic mass is 10.2. The molecule has 0 saturated heterocycles. The molecule has 0 aliphatic heterocycles. The minimum absolute atomic E-state index is 0.0135. The molecule has 3 aromatic rings. The zero-order chi connectivity index (χ0) is 25.6. The van der Waals surface area contributed by atoms with Gasteiger partial charge >= 0.3 is 0 Å². The van der Waals surface area contributed by atoms with Gasteiger partial charge in [-0.2, -0.15) is 0 Å². The van der Waals surface area contributed by atoms with Crippen LogP contribution in [0.15, 0.2) is 70.0 Å². The van der Waals surface area contributed by atoms with Crippen LogP contribution in [0, 0.1) is 6.92 Å². The minimum atomic E-state index is -4.17. The van der Waals surface area contributed by atoms with Crippen LogP contribution in [0.3, 0.4) is 0 Å². The van der Waals surface area contributed by atoms with Gasteiger partial charge in [-0.1, -0.05) is 42.3 Å². The summed E-state index contributed by atoms with van der Waals surface area (Å²) in [5.41, 5.74) is 2.22. The first-order chi connectivity index (χ1) is 16.7. The van der Waals surface area contributed by atoms with Crippen molar-refractivity contribution >= 4 is 49.1 Å². The summed E-state index contributed by atoms with van der Waals surface area (Å²) >= 11 is 9.74. The zero-order valence-corrected chi connectivity index (χ0v) is 22.9. The number of ether oxygens (including phenoxy) is 2. The Morgan fingerprint density at radius 1 is 1.03 bits per heavy atom. The van der Waals surface area contributed by atoms with Crippen molar-refractivity contribution < 1.29 is 22.7 Å². The van der Waals surface area contributed by atoms with E-state index in [9.17, 15) is 13.2 Å². The number of amides is 1. The third-order valence-corrected chi connectivity index (χ3v) is 8.03. The molecule has 0 N–H and O–H groups in total. The number of rotatable bonds is 10. The van der Waals surface area contributed by atoms with Crippen molar-refractivity contribution in [1.29, 1.82) is 0 Å². The third-order valence-electron chi connectivity index (χ3n) is 5.35. The molecule has 0 aliphatic rings. The van der Waals surface area contributed by atoms with E-state index in [0.717, 1.165) is 20.8 Å². The zero-order valence-electron chi connectivity index (χ0n) is 19.8. The smallest absolute Gasteiger partial charge is 0.270 e. The van der Waals surface area contributed by atoms with E-state index >= 15 is 0 Å². The van der Waals surface area contributed by atoms with Gasteiger partial charge in [-0.25, -0.2) is 12.7 Å². The molecule has 3 aromatic carbocycles. The summed E-state index contributed by atoms with van der Waals surface area (Å²) in [5.74, 6) is 0.458. The number of carbonyl (C=O) groups excluding carboxylic acids is 1. The topological polar surface area (TPSA) is 72.9 Å². The maximum absolute atomic E-state index is 13.5. The molecule has 1 amide bonds. The summed E-state index contributed by atoms with van der Waals surface area (Å²) in [6.07, 6.45) is 1.19. The molecule has 0 bridgehead atoms. The molecule has 35 heavy (non-hydrogen) atoms. The third kappa shape index (κ3) is 6.57. The molecular weight excluding hydrogens is 554 g/mol. The molecule has 0 unspecified atom stereocenters. The highest BCUT2D eigenvalue weighted by molar-refractivity contribution is 9.10. The summed E-state index contributed by atoms with van der Waals surface area (Å²) in [4.78, 5) is 13.3. The number of hydrogen-bond acceptors (Lipinski definition) is 5. The molecule has 0 fully saturated rings. The van der Waals surface area contributed by atoms with Crippen LogP contribution in [0.25, 0.3) is 0 Å². The number of anilines is 1. The van der Waals surface area contributed by atoms with Crippen LogP contribution >= 0.6 is 27.5 Å². The van der Waals surface area contributed by atoms with E-state index in [-0.39, 0.29) is 28.6 Å². The van der Waals surface area contributed by atoms with Gasteiger partial charge in [0.1, 0.15) is 11.5 Å². The van der Waals surface area contributed by atoms with E-state index in [1.807, 2.05) is 25.1 Å². The van der Waals surface area contributed by atoms with Crippen molar-refractivity contribution in [3.8, 4) is 11.5 Å². The van der Waals surface area contributed by atoms with Crippen LogP contribution in [0.4, 0.5) is 5.69 Å². The average Bonchev–Trinajstić information content (AvgIpc) is 2.83. The van der Waals surface area contributed by atoms with Gasteiger partial charge in [0, 0.05) is 6.42 Å². The van der Waals surface area contributed by atoms with Crippen molar-refractivity contribution in [2.75, 3.05) is 18.0 Å². The Labute approximate surface area is 220 Å². The van der Waals surface area contributed by atoms with Gasteiger partial charge in [0.25, 0.3) is 10.0 Å². The second kappa shape index (κ2) is 11.9. The summed E-state index contributed by atoms with van der Waals surface area (Å²) in [7, 11) is -2.71. The van der Waals surface area contributed by atoms with E-state index in [2.05, 4.69) is 22.9 Å². The number of halogens is 2. The molecule has 0 saturated carbocycles. The highest BCUT2D eigenvalue weighted by Gasteiger charge is 2.31. The van der Waals surface area contributed by atoms with Gasteiger partial charge in [0.05, 0.1) is 33.8 Å². The van der Waals surface area contributed by atoms with E-state index < -0.39 is 15.9 Å². The normalized spacial score (nSPS) is 11.2. The first-order valence-electron chi connectivity index (χ1n) is 11.1. The average molecular weight is 581 g/mol. The molecular formula is C26H27BrClNO5S. The van der Waals surface area contributed by atoms with E-state index in [1.54, 1.807) is 12.1 Å². The summed E-state index contributed by atoms with van der Waals surface area (Å²) < 4.78 is 39.6. The largest absolute Gasteiger partial charge is 0.495 e. The van der Waals surface area contributed by atoms with Crippen molar-refractivity contribution in [2.24, 2.45) is 0 Å². The maximum Gasteiger partial charge on any atom is 0.270 e. The Hall–Kier alpha value is -2.55. The fourth-order valence-electron chi connectivity index (χ4n) is 3.40. The van der Waals surface area contributed by atoms with Crippen molar-refractivity contribution in [3.05, 3.63) is 81.3 Å². The fraction of sp³-hybridized carbons (Fsp3) is 0.269. The van der Waals surface area contributed by atoms with Gasteiger partial charge in [-0.15, -0.1) is 0 Å². The molecule has 0 aliphatic carbocycles. The van der Waals surface area contributed by atoms with Crippen LogP contribution in [-0.2, 0) is 21.2 Å². The standard InChI is InChI=1S/C26H27BrClNO5S/c1-4-19-9-13-24(22(27)16-19)34-15-5-6-26(30)29(20-10-14-25(33-3)23(28)17-20)35(31,32)21-11-7-18(2)8-12-21/h7-14,16-17H,4-6,15H2,1-3H3. The Bertz CT molecular complexity index is 1300. The number of sulfonamides is 1. The van der Waals surface area contributed by atoms with E-state index in [0.29, 0.717) is 17.9 Å². The first kappa shape index (κ1) is 27.0. The number of carbonyl (C=O) groups is 1. The monoisotopic (exact) mass is 579 g/mol. The lowest BCUT2D eigenvalue weighted by Crippen LogP contribution is -2.37. The van der Waals surface area contributed by atoms with Gasteiger partial charge in [-0.05, 0) is 83.7 Å². The van der Waals surface area contributed by atoms with Crippen molar-refractivity contribution in [3.63, 3.8) is 0 Å². The van der Waals surface area contributed by atoms with Crippen LogP contribution in [0.2, 0.25) is 5.02 Å². The number of benzene rings is 3. The Morgan fingerprint density at radius 2 is 1.71 bits per heavy atom. The predicted molar refractivity (Wildman–Crippen MR) is 142 cm³/mol. The molecule has 6 nitrogen and oxygen atoms in total. The minimum Gasteiger partial charge on any atom is -0.495 e. The molecule has 186 valence electrons. The van der Waals surface area contributed by atoms with Gasteiger partial charge in [0.15, 0.2) is 0 Å². The van der Waals surface area contributed by atoms with Crippen LogP contribution < -0.4 is 13.8 Å². The van der Waals surface area contributed by atoms with Gasteiger partial charge < -0.3 is 9.47 Å².